The number of rotatable bonds is 2. The molecule has 0 aliphatic heterocycles. The predicted octanol–water partition coefficient (Wildman–Crippen LogP) is 5.66. The van der Waals surface area contributed by atoms with Crippen molar-refractivity contribution in [3.8, 4) is 0 Å². The first-order valence-corrected chi connectivity index (χ1v) is 11.4. The Morgan fingerprint density at radius 2 is 1.67 bits per heavy atom. The van der Waals surface area contributed by atoms with Crippen molar-refractivity contribution in [3.63, 3.8) is 0 Å². The third kappa shape index (κ3) is 2.29. The molecule has 0 saturated carbocycles. The molecular weight excluding hydrogens is 419 g/mol. The molecule has 3 rings (SSSR count). The second-order valence-electron chi connectivity index (χ2n) is 6.77. The molecule has 2 aliphatic carbocycles. The van der Waals surface area contributed by atoms with Crippen molar-refractivity contribution in [1.29, 1.82) is 0 Å². The maximum atomic E-state index is 2.57. The van der Waals surface area contributed by atoms with E-state index in [1.807, 2.05) is 3.33 Å². The van der Waals surface area contributed by atoms with Crippen LogP contribution in [0.5, 0.6) is 0 Å². The van der Waals surface area contributed by atoms with Gasteiger partial charge in [0.2, 0.25) is 0 Å². The van der Waals surface area contributed by atoms with Crippen LogP contribution in [0.1, 0.15) is 52.7 Å². The normalized spacial score (nSPS) is 28.1. The van der Waals surface area contributed by atoms with Crippen LogP contribution in [0.3, 0.4) is 0 Å². The Balaban J connectivity index is 2.01. The Bertz CT molecular complexity index is 702. The van der Waals surface area contributed by atoms with Crippen molar-refractivity contribution in [2.75, 3.05) is 0 Å². The van der Waals surface area contributed by atoms with E-state index >= 15 is 0 Å². The van der Waals surface area contributed by atoms with Gasteiger partial charge in [-0.15, -0.1) is 0 Å². The second-order valence-corrected chi connectivity index (χ2v) is 13.3. The van der Waals surface area contributed by atoms with Gasteiger partial charge in [-0.2, -0.15) is 0 Å². The summed E-state index contributed by atoms with van der Waals surface area (Å²) in [4.78, 5) is 0. The Labute approximate surface area is 140 Å². The summed E-state index contributed by atoms with van der Waals surface area (Å²) in [5, 5.41) is 0. The van der Waals surface area contributed by atoms with Crippen LogP contribution in [0.4, 0.5) is 0 Å². The zero-order chi connectivity index (χ0) is 15.4. The van der Waals surface area contributed by atoms with Gasteiger partial charge >= 0.3 is 141 Å². The number of fused-ring (bicyclic) bond motifs is 1. The summed E-state index contributed by atoms with van der Waals surface area (Å²) < 4.78 is 2.17. The van der Waals surface area contributed by atoms with Crippen molar-refractivity contribution in [3.05, 3.63) is 61.5 Å². The minimum absolute atomic E-state index is 0.344. The maximum absolute atomic E-state index is 2.57. The molecule has 0 N–H and O–H groups in total. The Hall–Kier alpha value is -0.690. The van der Waals surface area contributed by atoms with Crippen molar-refractivity contribution in [1.82, 2.24) is 0 Å². The van der Waals surface area contributed by atoms with Gasteiger partial charge in [0.05, 0.1) is 0 Å². The van der Waals surface area contributed by atoms with E-state index in [1.54, 1.807) is 22.3 Å². The monoisotopic (exact) mass is 444 g/mol. The van der Waals surface area contributed by atoms with E-state index in [-0.39, 0.29) is 0 Å². The number of allylic oxidation sites excluding steroid dienone is 6. The van der Waals surface area contributed by atoms with E-state index in [2.05, 4.69) is 71.9 Å². The van der Waals surface area contributed by atoms with E-state index in [9.17, 15) is 0 Å². The van der Waals surface area contributed by atoms with Gasteiger partial charge in [-0.3, -0.25) is 0 Å². The van der Waals surface area contributed by atoms with Crippen LogP contribution in [-0.2, 0) is 26.1 Å². The van der Waals surface area contributed by atoms with Crippen LogP contribution in [0, 0.1) is 5.92 Å². The average Bonchev–Trinajstić information content (AvgIpc) is 2.82. The number of benzene rings is 1. The first kappa shape index (κ1) is 15.2. The SMILES string of the molecule is CC1=C[C](C)([Hf][C]2=C(C)C(C)=C(C)C2C)c2ccccc21. The van der Waals surface area contributed by atoms with Gasteiger partial charge in [-0.1, -0.05) is 0 Å². The summed E-state index contributed by atoms with van der Waals surface area (Å²) in [5.41, 5.74) is 9.32. The molecule has 2 unspecified atom stereocenters. The van der Waals surface area contributed by atoms with Gasteiger partial charge in [-0.05, 0) is 0 Å². The van der Waals surface area contributed by atoms with Crippen molar-refractivity contribution < 1.29 is 22.9 Å². The Morgan fingerprint density at radius 3 is 2.29 bits per heavy atom. The van der Waals surface area contributed by atoms with Gasteiger partial charge in [0.15, 0.2) is 0 Å². The first-order chi connectivity index (χ1) is 9.85. The van der Waals surface area contributed by atoms with Crippen LogP contribution in [0.2, 0.25) is 0 Å². The summed E-state index contributed by atoms with van der Waals surface area (Å²) >= 11 is -0.974. The van der Waals surface area contributed by atoms with Crippen molar-refractivity contribution >= 4 is 5.57 Å². The number of hydrogen-bond donors (Lipinski definition) is 0. The molecule has 1 aromatic rings. The standard InChI is InChI=1S/C11H11.C9H13.Hf/c1-8-7-9(2)11-6-4-3-5-10(8)11;1-6-5-7(2)9(4)8(6)3;/h3-7H,1-2H3;6H,1-4H3;. The second kappa shape index (κ2) is 5.19. The molecule has 1 aromatic carbocycles. The Kier molecular flexibility index (Phi) is 3.76. The zero-order valence-corrected chi connectivity index (χ0v) is 17.6. The summed E-state index contributed by atoms with van der Waals surface area (Å²) in [6, 6.07) is 9.04. The fraction of sp³-hybridized carbons (Fsp3) is 0.400. The summed E-state index contributed by atoms with van der Waals surface area (Å²) in [6.07, 6.45) is 2.57. The summed E-state index contributed by atoms with van der Waals surface area (Å²) in [5.74, 6) is 0.687. The van der Waals surface area contributed by atoms with Gasteiger partial charge in [0, 0.05) is 0 Å². The molecule has 0 amide bonds. The molecule has 0 heterocycles. The van der Waals surface area contributed by atoms with Gasteiger partial charge in [0.1, 0.15) is 0 Å². The van der Waals surface area contributed by atoms with Crippen LogP contribution in [0.15, 0.2) is 50.4 Å². The summed E-state index contributed by atoms with van der Waals surface area (Å²) in [7, 11) is 0. The van der Waals surface area contributed by atoms with Gasteiger partial charge in [-0.25, -0.2) is 0 Å². The first-order valence-electron chi connectivity index (χ1n) is 7.81. The van der Waals surface area contributed by atoms with Gasteiger partial charge < -0.3 is 0 Å². The molecule has 0 bridgehead atoms. The molecule has 21 heavy (non-hydrogen) atoms. The molecule has 0 saturated heterocycles. The molecule has 2 aliphatic rings. The zero-order valence-electron chi connectivity index (χ0n) is 14.0. The molecule has 0 radical (unpaired) electrons. The Morgan fingerprint density at radius 1 is 1.00 bits per heavy atom. The molecular formula is C20H24Hf. The van der Waals surface area contributed by atoms with E-state index in [0.717, 1.165) is 0 Å². The molecule has 0 spiro atoms. The predicted molar refractivity (Wildman–Crippen MR) is 87.7 cm³/mol. The molecule has 0 nitrogen and oxygen atoms in total. The quantitative estimate of drug-likeness (QED) is 0.518. The van der Waals surface area contributed by atoms with E-state index in [1.165, 1.54) is 11.1 Å². The average molecular weight is 443 g/mol. The van der Waals surface area contributed by atoms with Crippen molar-refractivity contribution in [2.45, 2.75) is 44.7 Å². The van der Waals surface area contributed by atoms with Crippen molar-refractivity contribution in [2.24, 2.45) is 5.92 Å². The fourth-order valence-electron chi connectivity index (χ4n) is 3.82. The summed E-state index contributed by atoms with van der Waals surface area (Å²) in [6.45, 7) is 14.2. The molecule has 1 heteroatoms. The molecule has 108 valence electrons. The third-order valence-electron chi connectivity index (χ3n) is 5.45. The van der Waals surface area contributed by atoms with E-state index in [0.29, 0.717) is 9.09 Å². The van der Waals surface area contributed by atoms with E-state index < -0.39 is 22.9 Å². The van der Waals surface area contributed by atoms with Crippen LogP contribution >= 0.6 is 0 Å². The molecule has 2 atom stereocenters. The topological polar surface area (TPSA) is 0 Å². The molecule has 0 aromatic heterocycles. The van der Waals surface area contributed by atoms with Gasteiger partial charge in [0.25, 0.3) is 0 Å². The number of hydrogen-bond acceptors (Lipinski definition) is 0. The fourth-order valence-corrected chi connectivity index (χ4v) is 11.0. The van der Waals surface area contributed by atoms with Crippen LogP contribution in [0.25, 0.3) is 5.57 Å². The van der Waals surface area contributed by atoms with Crippen LogP contribution < -0.4 is 0 Å². The van der Waals surface area contributed by atoms with E-state index in [4.69, 9.17) is 0 Å². The third-order valence-corrected chi connectivity index (χ3v) is 12.7. The molecule has 0 fully saturated rings. The van der Waals surface area contributed by atoms with Crippen LogP contribution in [-0.4, -0.2) is 0 Å². The minimum atomic E-state index is -0.974.